The summed E-state index contributed by atoms with van der Waals surface area (Å²) >= 11 is 0. The van der Waals surface area contributed by atoms with Gasteiger partial charge in [-0.2, -0.15) is 0 Å². The summed E-state index contributed by atoms with van der Waals surface area (Å²) in [5.41, 5.74) is 3.35. The topological polar surface area (TPSA) is 3.24 Å². The van der Waals surface area contributed by atoms with Crippen LogP contribution in [0.5, 0.6) is 0 Å². The second kappa shape index (κ2) is 3.08. The first-order valence-electron chi connectivity index (χ1n) is 6.05. The van der Waals surface area contributed by atoms with Gasteiger partial charge in [-0.15, -0.1) is 0 Å². The van der Waals surface area contributed by atoms with Gasteiger partial charge < -0.3 is 0 Å². The SMILES string of the molecule is CC1(C)c2ccccc2CCN1C1CC1. The zero-order valence-electron chi connectivity index (χ0n) is 9.66. The Balaban J connectivity index is 2.03. The first-order valence-corrected chi connectivity index (χ1v) is 6.05. The predicted molar refractivity (Wildman–Crippen MR) is 62.9 cm³/mol. The normalized spacial score (nSPS) is 24.9. The summed E-state index contributed by atoms with van der Waals surface area (Å²) in [6.07, 6.45) is 4.05. The van der Waals surface area contributed by atoms with E-state index in [9.17, 15) is 0 Å². The van der Waals surface area contributed by atoms with Crippen LogP contribution in [-0.2, 0) is 12.0 Å². The van der Waals surface area contributed by atoms with E-state index in [1.807, 2.05) is 0 Å². The highest BCUT2D eigenvalue weighted by Gasteiger charge is 2.41. The Hall–Kier alpha value is -0.820. The van der Waals surface area contributed by atoms with Gasteiger partial charge in [-0.1, -0.05) is 24.3 Å². The van der Waals surface area contributed by atoms with E-state index in [0.29, 0.717) is 0 Å². The van der Waals surface area contributed by atoms with E-state index in [4.69, 9.17) is 0 Å². The molecule has 0 atom stereocenters. The molecule has 3 rings (SSSR count). The lowest BCUT2D eigenvalue weighted by atomic mass is 9.83. The zero-order chi connectivity index (χ0) is 10.5. The van der Waals surface area contributed by atoms with Crippen molar-refractivity contribution in [3.05, 3.63) is 35.4 Å². The maximum Gasteiger partial charge on any atom is 0.0410 e. The minimum Gasteiger partial charge on any atom is -0.291 e. The number of fused-ring (bicyclic) bond motifs is 1. The summed E-state index contributed by atoms with van der Waals surface area (Å²) < 4.78 is 0. The predicted octanol–water partition coefficient (Wildman–Crippen LogP) is 2.94. The lowest BCUT2D eigenvalue weighted by molar-refractivity contribution is 0.0976. The Morgan fingerprint density at radius 3 is 2.67 bits per heavy atom. The molecule has 2 aliphatic rings. The van der Waals surface area contributed by atoms with Gasteiger partial charge in [0.05, 0.1) is 0 Å². The van der Waals surface area contributed by atoms with Crippen LogP contribution in [0, 0.1) is 0 Å². The molecule has 1 aliphatic carbocycles. The fraction of sp³-hybridized carbons (Fsp3) is 0.571. The summed E-state index contributed by atoms with van der Waals surface area (Å²) in [5.74, 6) is 0. The van der Waals surface area contributed by atoms with E-state index in [-0.39, 0.29) is 5.54 Å². The molecule has 1 aliphatic heterocycles. The molecule has 0 amide bonds. The average molecular weight is 201 g/mol. The standard InChI is InChI=1S/C14H19N/c1-14(2)13-6-4-3-5-11(13)9-10-15(14)12-7-8-12/h3-6,12H,7-10H2,1-2H3. The molecule has 0 saturated heterocycles. The minimum absolute atomic E-state index is 0.246. The Morgan fingerprint density at radius 1 is 1.20 bits per heavy atom. The quantitative estimate of drug-likeness (QED) is 0.675. The molecule has 80 valence electrons. The minimum atomic E-state index is 0.246. The largest absolute Gasteiger partial charge is 0.291 e. The molecule has 1 heteroatoms. The van der Waals surface area contributed by atoms with Crippen molar-refractivity contribution < 1.29 is 0 Å². The van der Waals surface area contributed by atoms with Gasteiger partial charge in [0.15, 0.2) is 0 Å². The summed E-state index contributed by atoms with van der Waals surface area (Å²) in [7, 11) is 0. The van der Waals surface area contributed by atoms with Crippen molar-refractivity contribution >= 4 is 0 Å². The second-order valence-electron chi connectivity index (χ2n) is 5.39. The molecule has 1 saturated carbocycles. The molecule has 1 heterocycles. The molecule has 0 unspecified atom stereocenters. The van der Waals surface area contributed by atoms with Gasteiger partial charge in [0, 0.05) is 18.1 Å². The van der Waals surface area contributed by atoms with Crippen LogP contribution in [0.25, 0.3) is 0 Å². The molecule has 1 nitrogen and oxygen atoms in total. The first-order chi connectivity index (χ1) is 7.19. The molecular formula is C14H19N. The molecule has 15 heavy (non-hydrogen) atoms. The highest BCUT2D eigenvalue weighted by molar-refractivity contribution is 5.35. The third-order valence-electron chi connectivity index (χ3n) is 4.00. The zero-order valence-corrected chi connectivity index (χ0v) is 9.66. The van der Waals surface area contributed by atoms with Crippen molar-refractivity contribution in [2.45, 2.75) is 44.7 Å². The van der Waals surface area contributed by atoms with E-state index in [2.05, 4.69) is 43.0 Å². The van der Waals surface area contributed by atoms with Crippen molar-refractivity contribution in [1.29, 1.82) is 0 Å². The maximum absolute atomic E-state index is 2.70. The van der Waals surface area contributed by atoms with E-state index >= 15 is 0 Å². The average Bonchev–Trinajstić information content (AvgIpc) is 3.02. The number of nitrogens with zero attached hydrogens (tertiary/aromatic N) is 1. The van der Waals surface area contributed by atoms with E-state index in [1.54, 1.807) is 11.1 Å². The second-order valence-corrected chi connectivity index (χ2v) is 5.39. The van der Waals surface area contributed by atoms with Gasteiger partial charge in [-0.3, -0.25) is 4.90 Å². The van der Waals surface area contributed by atoms with E-state index in [0.717, 1.165) is 6.04 Å². The summed E-state index contributed by atoms with van der Waals surface area (Å²) in [6, 6.07) is 9.82. The number of hydrogen-bond donors (Lipinski definition) is 0. The maximum atomic E-state index is 2.70. The first kappa shape index (κ1) is 9.41. The number of rotatable bonds is 1. The molecule has 0 spiro atoms. The molecule has 0 bridgehead atoms. The van der Waals surface area contributed by atoms with Crippen LogP contribution in [0.3, 0.4) is 0 Å². The van der Waals surface area contributed by atoms with E-state index in [1.165, 1.54) is 25.8 Å². The van der Waals surface area contributed by atoms with Gasteiger partial charge in [0.2, 0.25) is 0 Å². The van der Waals surface area contributed by atoms with E-state index < -0.39 is 0 Å². The monoisotopic (exact) mass is 201 g/mol. The summed E-state index contributed by atoms with van der Waals surface area (Å²) in [5, 5.41) is 0. The Labute approximate surface area is 92.1 Å². The van der Waals surface area contributed by atoms with Crippen LogP contribution in [0.2, 0.25) is 0 Å². The highest BCUT2D eigenvalue weighted by atomic mass is 15.2. The van der Waals surface area contributed by atoms with Crippen LogP contribution in [0.1, 0.15) is 37.8 Å². The van der Waals surface area contributed by atoms with Gasteiger partial charge in [0.1, 0.15) is 0 Å². The van der Waals surface area contributed by atoms with Crippen molar-refractivity contribution in [3.63, 3.8) is 0 Å². The molecule has 1 aromatic rings. The van der Waals surface area contributed by atoms with Crippen molar-refractivity contribution in [1.82, 2.24) is 4.90 Å². The Kier molecular flexibility index (Phi) is 1.93. The fourth-order valence-corrected chi connectivity index (χ4v) is 3.04. The molecule has 0 N–H and O–H groups in total. The van der Waals surface area contributed by atoms with Crippen LogP contribution in [-0.4, -0.2) is 17.5 Å². The smallest absolute Gasteiger partial charge is 0.0410 e. The molecule has 1 fully saturated rings. The Morgan fingerprint density at radius 2 is 1.93 bits per heavy atom. The summed E-state index contributed by atoms with van der Waals surface area (Å²) in [4.78, 5) is 2.70. The Bertz CT molecular complexity index is 377. The van der Waals surface area contributed by atoms with Crippen LogP contribution < -0.4 is 0 Å². The van der Waals surface area contributed by atoms with Crippen molar-refractivity contribution in [2.24, 2.45) is 0 Å². The third kappa shape index (κ3) is 1.41. The molecule has 0 aromatic heterocycles. The summed E-state index contributed by atoms with van der Waals surface area (Å²) in [6.45, 7) is 6.00. The fourth-order valence-electron chi connectivity index (χ4n) is 3.04. The highest BCUT2D eigenvalue weighted by Crippen LogP contribution is 2.41. The molecule has 0 radical (unpaired) electrons. The van der Waals surface area contributed by atoms with Crippen molar-refractivity contribution in [2.75, 3.05) is 6.54 Å². The van der Waals surface area contributed by atoms with Crippen LogP contribution >= 0.6 is 0 Å². The van der Waals surface area contributed by atoms with Crippen LogP contribution in [0.15, 0.2) is 24.3 Å². The van der Waals surface area contributed by atoms with Crippen LogP contribution in [0.4, 0.5) is 0 Å². The van der Waals surface area contributed by atoms with Gasteiger partial charge in [-0.25, -0.2) is 0 Å². The molecular weight excluding hydrogens is 182 g/mol. The number of benzene rings is 1. The lowest BCUT2D eigenvalue weighted by Crippen LogP contribution is -2.47. The van der Waals surface area contributed by atoms with Gasteiger partial charge in [0.25, 0.3) is 0 Å². The van der Waals surface area contributed by atoms with Gasteiger partial charge in [-0.05, 0) is 44.2 Å². The number of hydrogen-bond acceptors (Lipinski definition) is 1. The lowest BCUT2D eigenvalue weighted by Gasteiger charge is -2.44. The van der Waals surface area contributed by atoms with Crippen molar-refractivity contribution in [3.8, 4) is 0 Å². The van der Waals surface area contributed by atoms with Gasteiger partial charge >= 0.3 is 0 Å². The third-order valence-corrected chi connectivity index (χ3v) is 4.00. The molecule has 1 aromatic carbocycles.